The second-order valence-corrected chi connectivity index (χ2v) is 3.73. The maximum atomic E-state index is 2.24. The number of hydrogen-bond donors (Lipinski definition) is 0. The minimum atomic E-state index is 1.08. The van der Waals surface area contributed by atoms with Gasteiger partial charge >= 0.3 is 0 Å². The van der Waals surface area contributed by atoms with Gasteiger partial charge in [-0.25, -0.2) is 4.31 Å². The summed E-state index contributed by atoms with van der Waals surface area (Å²) in [7, 11) is 2.12. The lowest BCUT2D eigenvalue weighted by Gasteiger charge is -2.00. The van der Waals surface area contributed by atoms with Crippen LogP contribution < -0.4 is 0 Å². The van der Waals surface area contributed by atoms with Crippen molar-refractivity contribution < 1.29 is 0 Å². The molecule has 2 rings (SSSR count). The molecule has 0 saturated heterocycles. The Morgan fingerprint density at radius 1 is 1.25 bits per heavy atom. The minimum Gasteiger partial charge on any atom is -0.245 e. The Balaban J connectivity index is 0.000000336. The third-order valence-electron chi connectivity index (χ3n) is 1.62. The average Bonchev–Trinajstić information content (AvgIpc) is 2.48. The highest BCUT2D eigenvalue weighted by molar-refractivity contribution is 7.97. The number of rotatable bonds is 0. The van der Waals surface area contributed by atoms with E-state index < -0.39 is 0 Å². The van der Waals surface area contributed by atoms with E-state index in [9.17, 15) is 0 Å². The van der Waals surface area contributed by atoms with Gasteiger partial charge in [-0.15, -0.1) is 0 Å². The summed E-state index contributed by atoms with van der Waals surface area (Å²) in [5, 5.41) is 0. The van der Waals surface area contributed by atoms with Gasteiger partial charge < -0.3 is 0 Å². The molecule has 0 aromatic heterocycles. The van der Waals surface area contributed by atoms with Crippen LogP contribution in [0.3, 0.4) is 0 Å². The Morgan fingerprint density at radius 2 is 1.92 bits per heavy atom. The molecule has 0 N–H and O–H groups in total. The lowest BCUT2D eigenvalue weighted by atomic mass is 10.2. The topological polar surface area (TPSA) is 3.24 Å². The summed E-state index contributed by atoms with van der Waals surface area (Å²) in [4.78, 5) is 1.41. The van der Waals surface area contributed by atoms with E-state index in [2.05, 4.69) is 35.6 Å². The van der Waals surface area contributed by atoms with E-state index in [0.717, 1.165) is 6.54 Å². The summed E-state index contributed by atoms with van der Waals surface area (Å²) in [6.45, 7) is 5.08. The molecular formula is C10H15NS. The fourth-order valence-corrected chi connectivity index (χ4v) is 2.09. The van der Waals surface area contributed by atoms with Crippen LogP contribution in [0.2, 0.25) is 0 Å². The zero-order valence-electron chi connectivity index (χ0n) is 7.87. The quantitative estimate of drug-likeness (QED) is 0.566. The van der Waals surface area contributed by atoms with Crippen LogP contribution in [0.15, 0.2) is 29.2 Å². The van der Waals surface area contributed by atoms with E-state index in [1.54, 1.807) is 0 Å². The molecule has 0 atom stereocenters. The first-order valence-corrected chi connectivity index (χ1v) is 5.10. The SMILES string of the molecule is CC.CN1Cc2ccccc2S1. The van der Waals surface area contributed by atoms with Crippen LogP contribution in [-0.4, -0.2) is 11.4 Å². The van der Waals surface area contributed by atoms with Crippen molar-refractivity contribution in [1.82, 2.24) is 4.31 Å². The van der Waals surface area contributed by atoms with Gasteiger partial charge in [-0.3, -0.25) is 0 Å². The summed E-state index contributed by atoms with van der Waals surface area (Å²) >= 11 is 1.82. The van der Waals surface area contributed by atoms with E-state index in [4.69, 9.17) is 0 Å². The van der Waals surface area contributed by atoms with E-state index in [-0.39, 0.29) is 0 Å². The van der Waals surface area contributed by atoms with E-state index in [0.29, 0.717) is 0 Å². The zero-order valence-corrected chi connectivity index (χ0v) is 8.69. The molecule has 0 amide bonds. The molecule has 66 valence electrons. The number of benzene rings is 1. The smallest absolute Gasteiger partial charge is 0.0352 e. The van der Waals surface area contributed by atoms with Gasteiger partial charge in [-0.05, 0) is 30.6 Å². The lowest BCUT2D eigenvalue weighted by Crippen LogP contribution is -1.99. The summed E-state index contributed by atoms with van der Waals surface area (Å²) in [6, 6.07) is 8.54. The molecule has 0 spiro atoms. The fraction of sp³-hybridized carbons (Fsp3) is 0.400. The fourth-order valence-electron chi connectivity index (χ4n) is 1.16. The number of nitrogens with zero attached hydrogens (tertiary/aromatic N) is 1. The normalized spacial score (nSPS) is 14.9. The summed E-state index contributed by atoms with van der Waals surface area (Å²) in [5.74, 6) is 0. The zero-order chi connectivity index (χ0) is 8.97. The molecule has 2 heteroatoms. The average molecular weight is 181 g/mol. The maximum absolute atomic E-state index is 2.24. The van der Waals surface area contributed by atoms with Crippen molar-refractivity contribution in [2.75, 3.05) is 7.05 Å². The second-order valence-electron chi connectivity index (χ2n) is 2.49. The molecule has 0 saturated carbocycles. The van der Waals surface area contributed by atoms with Crippen LogP contribution in [-0.2, 0) is 6.54 Å². The molecule has 1 aliphatic rings. The van der Waals surface area contributed by atoms with E-state index in [1.165, 1.54) is 10.5 Å². The Bertz CT molecular complexity index is 222. The van der Waals surface area contributed by atoms with Crippen LogP contribution in [0.4, 0.5) is 0 Å². The highest BCUT2D eigenvalue weighted by Gasteiger charge is 2.14. The first-order chi connectivity index (χ1) is 5.86. The Hall–Kier alpha value is -0.470. The van der Waals surface area contributed by atoms with E-state index >= 15 is 0 Å². The van der Waals surface area contributed by atoms with Crippen molar-refractivity contribution in [1.29, 1.82) is 0 Å². The van der Waals surface area contributed by atoms with Gasteiger partial charge in [0.2, 0.25) is 0 Å². The predicted octanol–water partition coefficient (Wildman–Crippen LogP) is 3.17. The van der Waals surface area contributed by atoms with Crippen molar-refractivity contribution in [2.45, 2.75) is 25.3 Å². The van der Waals surface area contributed by atoms with Crippen molar-refractivity contribution in [3.8, 4) is 0 Å². The summed E-state index contributed by atoms with van der Waals surface area (Å²) in [6.07, 6.45) is 0. The minimum absolute atomic E-state index is 1.08. The van der Waals surface area contributed by atoms with Gasteiger partial charge in [0.1, 0.15) is 0 Å². The monoisotopic (exact) mass is 181 g/mol. The molecule has 1 aromatic rings. The van der Waals surface area contributed by atoms with Gasteiger partial charge in [0.25, 0.3) is 0 Å². The van der Waals surface area contributed by atoms with Crippen LogP contribution in [0.5, 0.6) is 0 Å². The van der Waals surface area contributed by atoms with Crippen molar-refractivity contribution in [3.63, 3.8) is 0 Å². The molecule has 1 heterocycles. The van der Waals surface area contributed by atoms with Gasteiger partial charge in [0.05, 0.1) is 0 Å². The van der Waals surface area contributed by atoms with Crippen LogP contribution in [0, 0.1) is 0 Å². The first-order valence-electron chi connectivity index (χ1n) is 4.33. The molecule has 0 fully saturated rings. The lowest BCUT2D eigenvalue weighted by molar-refractivity contribution is 0.581. The van der Waals surface area contributed by atoms with Gasteiger partial charge in [0, 0.05) is 11.4 Å². The molecular weight excluding hydrogens is 166 g/mol. The number of hydrogen-bond acceptors (Lipinski definition) is 2. The van der Waals surface area contributed by atoms with Gasteiger partial charge in [-0.1, -0.05) is 32.0 Å². The van der Waals surface area contributed by atoms with Crippen LogP contribution in [0.25, 0.3) is 0 Å². The highest BCUT2D eigenvalue weighted by atomic mass is 32.2. The summed E-state index contributed by atoms with van der Waals surface area (Å²) < 4.78 is 2.24. The second kappa shape index (κ2) is 4.53. The molecule has 0 unspecified atom stereocenters. The number of fused-ring (bicyclic) bond motifs is 1. The molecule has 0 bridgehead atoms. The molecule has 0 radical (unpaired) electrons. The third-order valence-corrected chi connectivity index (χ3v) is 2.66. The van der Waals surface area contributed by atoms with Gasteiger partial charge in [-0.2, -0.15) is 0 Å². The predicted molar refractivity (Wildman–Crippen MR) is 55.1 cm³/mol. The Labute approximate surface area is 78.9 Å². The summed E-state index contributed by atoms with van der Waals surface area (Å²) in [5.41, 5.74) is 1.45. The van der Waals surface area contributed by atoms with Gasteiger partial charge in [0.15, 0.2) is 0 Å². The molecule has 1 nitrogen and oxygen atoms in total. The maximum Gasteiger partial charge on any atom is 0.0352 e. The van der Waals surface area contributed by atoms with Crippen molar-refractivity contribution >= 4 is 11.9 Å². The van der Waals surface area contributed by atoms with Crippen molar-refractivity contribution in [3.05, 3.63) is 29.8 Å². The molecule has 0 aliphatic carbocycles. The highest BCUT2D eigenvalue weighted by Crippen LogP contribution is 2.33. The molecule has 1 aromatic carbocycles. The Morgan fingerprint density at radius 3 is 2.58 bits per heavy atom. The molecule has 1 aliphatic heterocycles. The Kier molecular flexibility index (Phi) is 3.63. The largest absolute Gasteiger partial charge is 0.245 e. The third kappa shape index (κ3) is 2.02. The molecule has 12 heavy (non-hydrogen) atoms. The standard InChI is InChI=1S/C8H9NS.C2H6/c1-9-6-7-4-2-3-5-8(7)10-9;1-2/h2-5H,6H2,1H3;1-2H3. The van der Waals surface area contributed by atoms with Crippen LogP contribution >= 0.6 is 11.9 Å². The first kappa shape index (κ1) is 9.62. The van der Waals surface area contributed by atoms with Crippen molar-refractivity contribution in [2.24, 2.45) is 0 Å². The van der Waals surface area contributed by atoms with Crippen LogP contribution in [0.1, 0.15) is 19.4 Å². The van der Waals surface area contributed by atoms with E-state index in [1.807, 2.05) is 25.8 Å².